The Bertz CT molecular complexity index is 400. The number of amides is 1. The highest BCUT2D eigenvalue weighted by Gasteiger charge is 2.19. The maximum Gasteiger partial charge on any atom is 0.254 e. The first-order chi connectivity index (χ1) is 7.70. The minimum Gasteiger partial charge on any atom is -0.336 e. The van der Waals surface area contributed by atoms with Crippen LogP contribution in [0.5, 0.6) is 0 Å². The third-order valence-corrected chi connectivity index (χ3v) is 3.76. The highest BCUT2D eigenvalue weighted by molar-refractivity contribution is 9.10. The number of nitrogens with zero attached hydrogens (tertiary/aromatic N) is 1. The van der Waals surface area contributed by atoms with Crippen molar-refractivity contribution in [2.45, 2.75) is 6.92 Å². The van der Waals surface area contributed by atoms with Gasteiger partial charge in [0.2, 0.25) is 0 Å². The number of nitrogens with one attached hydrogen (secondary N) is 1. The molecule has 1 aliphatic heterocycles. The molecule has 0 spiro atoms. The lowest BCUT2D eigenvalue weighted by molar-refractivity contribution is 0.0735. The summed E-state index contributed by atoms with van der Waals surface area (Å²) in [6.45, 7) is 5.34. The van der Waals surface area contributed by atoms with E-state index in [0.717, 1.165) is 41.8 Å². The van der Waals surface area contributed by atoms with Crippen LogP contribution in [0, 0.1) is 6.92 Å². The average Bonchev–Trinajstić information content (AvgIpc) is 2.33. The molecule has 0 bridgehead atoms. The number of halogens is 1. The highest BCUT2D eigenvalue weighted by Crippen LogP contribution is 2.20. The van der Waals surface area contributed by atoms with Gasteiger partial charge in [-0.2, -0.15) is 0 Å². The van der Waals surface area contributed by atoms with Gasteiger partial charge in [0.05, 0.1) is 0 Å². The Morgan fingerprint density at radius 3 is 2.75 bits per heavy atom. The van der Waals surface area contributed by atoms with Gasteiger partial charge in [-0.3, -0.25) is 4.79 Å². The smallest absolute Gasteiger partial charge is 0.254 e. The van der Waals surface area contributed by atoms with Gasteiger partial charge in [-0.25, -0.2) is 0 Å². The quantitative estimate of drug-likeness (QED) is 0.852. The van der Waals surface area contributed by atoms with E-state index in [1.807, 2.05) is 30.0 Å². The van der Waals surface area contributed by atoms with Crippen molar-refractivity contribution in [2.75, 3.05) is 26.2 Å². The van der Waals surface area contributed by atoms with Crippen LogP contribution in [0.25, 0.3) is 0 Å². The zero-order valence-corrected chi connectivity index (χ0v) is 10.9. The predicted molar refractivity (Wildman–Crippen MR) is 67.7 cm³/mol. The van der Waals surface area contributed by atoms with E-state index >= 15 is 0 Å². The molecule has 0 aromatic heterocycles. The maximum absolute atomic E-state index is 12.3. The minimum absolute atomic E-state index is 0.139. The van der Waals surface area contributed by atoms with Crippen molar-refractivity contribution in [2.24, 2.45) is 0 Å². The van der Waals surface area contributed by atoms with Crippen LogP contribution >= 0.6 is 15.9 Å². The molecule has 1 amide bonds. The molecule has 1 aliphatic rings. The molecule has 0 atom stereocenters. The Balaban J connectivity index is 2.22. The molecule has 1 heterocycles. The lowest BCUT2D eigenvalue weighted by Gasteiger charge is -2.28. The lowest BCUT2D eigenvalue weighted by atomic mass is 10.1. The third-order valence-electron chi connectivity index (χ3n) is 2.90. The van der Waals surface area contributed by atoms with Crippen LogP contribution in [0.3, 0.4) is 0 Å². The van der Waals surface area contributed by atoms with Crippen LogP contribution in [-0.2, 0) is 0 Å². The minimum atomic E-state index is 0.139. The second-order valence-corrected chi connectivity index (χ2v) is 4.81. The van der Waals surface area contributed by atoms with Crippen LogP contribution in [-0.4, -0.2) is 37.0 Å². The molecule has 0 radical (unpaired) electrons. The summed E-state index contributed by atoms with van der Waals surface area (Å²) >= 11 is 3.46. The highest BCUT2D eigenvalue weighted by atomic mass is 79.9. The van der Waals surface area contributed by atoms with Gasteiger partial charge in [-0.05, 0) is 24.6 Å². The van der Waals surface area contributed by atoms with Crippen LogP contribution in [0.1, 0.15) is 15.9 Å². The lowest BCUT2D eigenvalue weighted by Crippen LogP contribution is -2.46. The van der Waals surface area contributed by atoms with E-state index in [2.05, 4.69) is 21.2 Å². The molecular formula is C12H15BrN2O. The molecule has 0 aliphatic carbocycles. The van der Waals surface area contributed by atoms with E-state index in [1.165, 1.54) is 0 Å². The molecule has 1 aromatic carbocycles. The second-order valence-electron chi connectivity index (χ2n) is 3.95. The summed E-state index contributed by atoms with van der Waals surface area (Å²) in [6.07, 6.45) is 0. The Morgan fingerprint density at radius 2 is 2.06 bits per heavy atom. The van der Waals surface area contributed by atoms with Crippen LogP contribution in [0.15, 0.2) is 22.7 Å². The van der Waals surface area contributed by atoms with Crippen LogP contribution in [0.2, 0.25) is 0 Å². The molecule has 0 unspecified atom stereocenters. The van der Waals surface area contributed by atoms with Crippen molar-refractivity contribution in [1.29, 1.82) is 0 Å². The summed E-state index contributed by atoms with van der Waals surface area (Å²) < 4.78 is 0.994. The second kappa shape index (κ2) is 4.97. The first-order valence-corrected chi connectivity index (χ1v) is 6.24. The van der Waals surface area contributed by atoms with Gasteiger partial charge in [0.15, 0.2) is 0 Å². The van der Waals surface area contributed by atoms with Crippen LogP contribution < -0.4 is 5.32 Å². The van der Waals surface area contributed by atoms with E-state index in [-0.39, 0.29) is 5.91 Å². The fraction of sp³-hybridized carbons (Fsp3) is 0.417. The van der Waals surface area contributed by atoms with Gasteiger partial charge in [-0.1, -0.05) is 22.0 Å². The largest absolute Gasteiger partial charge is 0.336 e. The fourth-order valence-corrected chi connectivity index (χ4v) is 2.24. The normalized spacial score (nSPS) is 16.2. The summed E-state index contributed by atoms with van der Waals surface area (Å²) in [5.74, 6) is 0.139. The van der Waals surface area contributed by atoms with Crippen molar-refractivity contribution in [3.8, 4) is 0 Å². The molecular weight excluding hydrogens is 268 g/mol. The number of rotatable bonds is 1. The Morgan fingerprint density at radius 1 is 1.38 bits per heavy atom. The van der Waals surface area contributed by atoms with Crippen molar-refractivity contribution in [3.63, 3.8) is 0 Å². The fourth-order valence-electron chi connectivity index (χ4n) is 1.88. The van der Waals surface area contributed by atoms with Gasteiger partial charge in [-0.15, -0.1) is 0 Å². The molecule has 1 N–H and O–H groups in total. The first kappa shape index (κ1) is 11.6. The molecule has 1 aromatic rings. The van der Waals surface area contributed by atoms with Crippen molar-refractivity contribution in [3.05, 3.63) is 33.8 Å². The standard InChI is InChI=1S/C12H15BrN2O/c1-9-10(3-2-4-11(9)13)12(16)15-7-5-14-6-8-15/h2-4,14H,5-8H2,1H3. The first-order valence-electron chi connectivity index (χ1n) is 5.45. The van der Waals surface area contributed by atoms with E-state index in [4.69, 9.17) is 0 Å². The van der Waals surface area contributed by atoms with E-state index in [1.54, 1.807) is 0 Å². The zero-order chi connectivity index (χ0) is 11.5. The third kappa shape index (κ3) is 2.28. The molecule has 2 rings (SSSR count). The number of piperazine rings is 1. The van der Waals surface area contributed by atoms with Gasteiger partial charge in [0.1, 0.15) is 0 Å². The van der Waals surface area contributed by atoms with Gasteiger partial charge >= 0.3 is 0 Å². The maximum atomic E-state index is 12.3. The van der Waals surface area contributed by atoms with Gasteiger partial charge in [0.25, 0.3) is 5.91 Å². The van der Waals surface area contributed by atoms with Gasteiger partial charge in [0, 0.05) is 36.2 Å². The Labute approximate surface area is 104 Å². The number of benzene rings is 1. The Kier molecular flexibility index (Phi) is 3.61. The summed E-state index contributed by atoms with van der Waals surface area (Å²) in [4.78, 5) is 14.2. The summed E-state index contributed by atoms with van der Waals surface area (Å²) in [5, 5.41) is 3.24. The molecule has 4 heteroatoms. The van der Waals surface area contributed by atoms with Crippen LogP contribution in [0.4, 0.5) is 0 Å². The van der Waals surface area contributed by atoms with Crippen molar-refractivity contribution >= 4 is 21.8 Å². The number of hydrogen-bond donors (Lipinski definition) is 1. The molecule has 3 nitrogen and oxygen atoms in total. The monoisotopic (exact) mass is 282 g/mol. The molecule has 86 valence electrons. The molecule has 16 heavy (non-hydrogen) atoms. The topological polar surface area (TPSA) is 32.3 Å². The SMILES string of the molecule is Cc1c(Br)cccc1C(=O)N1CCNCC1. The molecule has 1 saturated heterocycles. The average molecular weight is 283 g/mol. The van der Waals surface area contributed by atoms with E-state index < -0.39 is 0 Å². The van der Waals surface area contributed by atoms with E-state index in [9.17, 15) is 4.79 Å². The number of carbonyl (C=O) groups excluding carboxylic acids is 1. The summed E-state index contributed by atoms with van der Waals surface area (Å²) in [7, 11) is 0. The summed E-state index contributed by atoms with van der Waals surface area (Å²) in [6, 6.07) is 5.76. The van der Waals surface area contributed by atoms with Gasteiger partial charge < -0.3 is 10.2 Å². The summed E-state index contributed by atoms with van der Waals surface area (Å²) in [5.41, 5.74) is 1.82. The molecule has 0 saturated carbocycles. The number of hydrogen-bond acceptors (Lipinski definition) is 2. The van der Waals surface area contributed by atoms with E-state index in [0.29, 0.717) is 0 Å². The van der Waals surface area contributed by atoms with Crippen molar-refractivity contribution < 1.29 is 4.79 Å². The Hall–Kier alpha value is -0.870. The number of carbonyl (C=O) groups is 1. The predicted octanol–water partition coefficient (Wildman–Crippen LogP) is 1.80. The molecule has 1 fully saturated rings. The van der Waals surface area contributed by atoms with Crippen molar-refractivity contribution in [1.82, 2.24) is 10.2 Å². The zero-order valence-electron chi connectivity index (χ0n) is 9.29.